The number of likely N-dealkylation sites (N-methyl/N-ethyl adjacent to an activating group) is 2. The minimum absolute atomic E-state index is 0. The highest BCUT2D eigenvalue weighted by molar-refractivity contribution is 7.66. The van der Waals surface area contributed by atoms with Gasteiger partial charge in [-0.05, 0) is 39.8 Å². The lowest BCUT2D eigenvalue weighted by molar-refractivity contribution is -0.00000582. The average Bonchev–Trinajstić information content (AvgIpc) is 3.33. The van der Waals surface area contributed by atoms with Gasteiger partial charge in [0.1, 0.15) is 0 Å². The molecule has 0 atom stereocenters. The molecule has 0 aromatic heterocycles. The number of piperazine rings is 2. The van der Waals surface area contributed by atoms with Gasteiger partial charge in [-0.3, -0.25) is 0 Å². The molecular weight excluding hydrogens is 367 g/mol. The van der Waals surface area contributed by atoms with E-state index in [1.165, 1.54) is 104 Å². The molecule has 4 heterocycles. The molecule has 0 aromatic rings. The van der Waals surface area contributed by atoms with Gasteiger partial charge in [0.2, 0.25) is 0 Å². The molecule has 0 radical (unpaired) electrons. The maximum atomic E-state index is 2.97. The van der Waals surface area contributed by atoms with Crippen molar-refractivity contribution in [3.63, 3.8) is 0 Å². The molecule has 4 aliphatic heterocycles. The van der Waals surface area contributed by atoms with E-state index in [9.17, 15) is 0 Å². The predicted molar refractivity (Wildman–Crippen MR) is 107 cm³/mol. The lowest BCUT2D eigenvalue weighted by Gasteiger charge is -2.52. The molecule has 4 fully saturated rings. The van der Waals surface area contributed by atoms with Gasteiger partial charge in [-0.2, -0.15) is 0 Å². The number of hydrogen-bond donors (Lipinski definition) is 0. The first-order chi connectivity index (χ1) is 12.2. The lowest BCUT2D eigenvalue weighted by atomic mass is 10.4. The minimum Gasteiger partial charge on any atom is -1.00 e. The van der Waals surface area contributed by atoms with Crippen LogP contribution >= 0.6 is 7.87 Å². The molecule has 0 spiro atoms. The zero-order chi connectivity index (χ0) is 17.3. The van der Waals surface area contributed by atoms with Gasteiger partial charge >= 0.3 is 7.87 Å². The largest absolute Gasteiger partial charge is 1.00 e. The molecular formula is C18H38ClN6P. The van der Waals surface area contributed by atoms with Gasteiger partial charge < -0.3 is 22.2 Å². The quantitative estimate of drug-likeness (QED) is 0.519. The summed E-state index contributed by atoms with van der Waals surface area (Å²) in [5.74, 6) is 0. The fourth-order valence-corrected chi connectivity index (χ4v) is 10.4. The third-order valence-corrected chi connectivity index (χ3v) is 11.3. The van der Waals surface area contributed by atoms with E-state index in [2.05, 4.69) is 42.6 Å². The average molecular weight is 405 g/mol. The molecule has 0 unspecified atom stereocenters. The molecule has 4 aliphatic rings. The normalized spacial score (nSPS) is 29.3. The second-order valence-corrected chi connectivity index (χ2v) is 11.7. The Morgan fingerprint density at radius 2 is 0.692 bits per heavy atom. The SMILES string of the molecule is CN1CCN([P+](N2CCCC2)(N2CCCC2)N2CCN(C)CC2)CC1.[Cl-]. The van der Waals surface area contributed by atoms with E-state index in [0.717, 1.165) is 0 Å². The van der Waals surface area contributed by atoms with Crippen LogP contribution in [0.15, 0.2) is 0 Å². The molecule has 0 saturated carbocycles. The minimum atomic E-state index is -1.52. The van der Waals surface area contributed by atoms with Crippen molar-refractivity contribution < 1.29 is 12.4 Å². The van der Waals surface area contributed by atoms with Crippen molar-refractivity contribution >= 4 is 7.87 Å². The summed E-state index contributed by atoms with van der Waals surface area (Å²) in [5, 5.41) is 0. The van der Waals surface area contributed by atoms with Gasteiger partial charge in [-0.15, -0.1) is 18.7 Å². The first kappa shape index (κ1) is 21.2. The molecule has 6 nitrogen and oxygen atoms in total. The van der Waals surface area contributed by atoms with Crippen LogP contribution in [0.25, 0.3) is 0 Å². The van der Waals surface area contributed by atoms with E-state index >= 15 is 0 Å². The van der Waals surface area contributed by atoms with E-state index in [0.29, 0.717) is 0 Å². The van der Waals surface area contributed by atoms with Crippen LogP contribution in [0, 0.1) is 0 Å². The van der Waals surface area contributed by atoms with E-state index in [4.69, 9.17) is 0 Å². The Morgan fingerprint density at radius 3 is 1.00 bits per heavy atom. The van der Waals surface area contributed by atoms with Gasteiger partial charge in [0, 0.05) is 52.4 Å². The smallest absolute Gasteiger partial charge is 0.308 e. The summed E-state index contributed by atoms with van der Waals surface area (Å²) in [4.78, 5) is 5.03. The van der Waals surface area contributed by atoms with Crippen molar-refractivity contribution in [3.8, 4) is 0 Å². The van der Waals surface area contributed by atoms with Crippen LogP contribution in [0.3, 0.4) is 0 Å². The molecule has 0 bridgehead atoms. The molecule has 4 saturated heterocycles. The Bertz CT molecular complexity index is 387. The van der Waals surface area contributed by atoms with Crippen LogP contribution in [0.4, 0.5) is 0 Å². The second-order valence-electron chi connectivity index (χ2n) is 8.37. The highest BCUT2D eigenvalue weighted by Crippen LogP contribution is 2.71. The highest BCUT2D eigenvalue weighted by Gasteiger charge is 2.62. The van der Waals surface area contributed by atoms with Crippen molar-refractivity contribution in [3.05, 3.63) is 0 Å². The van der Waals surface area contributed by atoms with Gasteiger partial charge in [0.15, 0.2) is 0 Å². The summed E-state index contributed by atoms with van der Waals surface area (Å²) in [6.07, 6.45) is 5.60. The van der Waals surface area contributed by atoms with Gasteiger partial charge in [0.05, 0.1) is 26.2 Å². The first-order valence-corrected chi connectivity index (χ1v) is 12.1. The maximum absolute atomic E-state index is 2.97. The van der Waals surface area contributed by atoms with E-state index in [-0.39, 0.29) is 12.4 Å². The number of nitrogens with zero attached hydrogens (tertiary/aromatic N) is 6. The van der Waals surface area contributed by atoms with Crippen LogP contribution in [-0.2, 0) is 0 Å². The molecule has 0 N–H and O–H groups in total. The van der Waals surface area contributed by atoms with E-state index in [1.807, 2.05) is 0 Å². The third-order valence-electron chi connectivity index (χ3n) is 6.64. The van der Waals surface area contributed by atoms with Gasteiger partial charge in [-0.1, -0.05) is 0 Å². The zero-order valence-corrected chi connectivity index (χ0v) is 18.5. The molecule has 8 heteroatoms. The van der Waals surface area contributed by atoms with Crippen LogP contribution in [-0.4, -0.2) is 121 Å². The lowest BCUT2D eigenvalue weighted by Crippen LogP contribution is -3.00. The van der Waals surface area contributed by atoms with Crippen LogP contribution in [0.5, 0.6) is 0 Å². The van der Waals surface area contributed by atoms with E-state index in [1.54, 1.807) is 0 Å². The van der Waals surface area contributed by atoms with Crippen molar-refractivity contribution in [1.82, 2.24) is 28.5 Å². The Kier molecular flexibility index (Phi) is 7.60. The van der Waals surface area contributed by atoms with Crippen molar-refractivity contribution in [2.75, 3.05) is 92.6 Å². The Balaban J connectivity index is 0.00000196. The molecule has 0 aliphatic carbocycles. The van der Waals surface area contributed by atoms with Crippen LogP contribution in [0.1, 0.15) is 25.7 Å². The number of rotatable bonds is 4. The molecule has 0 aromatic carbocycles. The first-order valence-electron chi connectivity index (χ1n) is 10.5. The fourth-order valence-electron chi connectivity index (χ4n) is 5.14. The molecule has 4 rings (SSSR count). The topological polar surface area (TPSA) is 19.4 Å². The molecule has 0 amide bonds. The zero-order valence-electron chi connectivity index (χ0n) is 16.8. The maximum Gasteiger partial charge on any atom is 0.308 e. The Hall–Kier alpha value is 0.480. The Morgan fingerprint density at radius 1 is 0.423 bits per heavy atom. The standard InChI is InChI=1S/C18H38N6P.ClH/c1-19-11-15-23(16-12-19)25(21-7-3-4-8-21,22-9-5-6-10-22)24-17-13-20(2)14-18-24;/h3-18H2,1-2H3;1H/q+1;/p-1. The number of halogens is 1. The van der Waals surface area contributed by atoms with Gasteiger partial charge in [0.25, 0.3) is 0 Å². The summed E-state index contributed by atoms with van der Waals surface area (Å²) in [6, 6.07) is 0. The van der Waals surface area contributed by atoms with Gasteiger partial charge in [-0.25, -0.2) is 0 Å². The van der Waals surface area contributed by atoms with Crippen LogP contribution < -0.4 is 12.4 Å². The second kappa shape index (κ2) is 9.32. The van der Waals surface area contributed by atoms with Crippen molar-refractivity contribution in [2.24, 2.45) is 0 Å². The summed E-state index contributed by atoms with van der Waals surface area (Å²) >= 11 is 0. The number of hydrogen-bond acceptors (Lipinski definition) is 6. The molecule has 26 heavy (non-hydrogen) atoms. The van der Waals surface area contributed by atoms with Crippen LogP contribution in [0.2, 0.25) is 0 Å². The van der Waals surface area contributed by atoms with E-state index < -0.39 is 7.87 Å². The predicted octanol–water partition coefficient (Wildman–Crippen LogP) is -1.65. The highest BCUT2D eigenvalue weighted by atomic mass is 35.5. The monoisotopic (exact) mass is 404 g/mol. The summed E-state index contributed by atoms with van der Waals surface area (Å²) in [7, 11) is 3.07. The third kappa shape index (κ3) is 3.95. The Labute approximate surface area is 167 Å². The summed E-state index contributed by atoms with van der Waals surface area (Å²) in [5.41, 5.74) is 0. The summed E-state index contributed by atoms with van der Waals surface area (Å²) in [6.45, 7) is 15.2. The fraction of sp³-hybridized carbons (Fsp3) is 1.00. The van der Waals surface area contributed by atoms with Crippen molar-refractivity contribution in [2.45, 2.75) is 25.7 Å². The molecule has 152 valence electrons. The van der Waals surface area contributed by atoms with Crippen molar-refractivity contribution in [1.29, 1.82) is 0 Å². The summed E-state index contributed by atoms with van der Waals surface area (Å²) < 4.78 is 11.9.